The number of aromatic amines is 2. The molecule has 1 aromatic rings. The van der Waals surface area contributed by atoms with E-state index in [1.165, 1.54) is 0 Å². The molecule has 1 rings (SSSR count). The maximum atomic E-state index is 12.4. The summed E-state index contributed by atoms with van der Waals surface area (Å²) in [5.74, 6) is -0.697. The second-order valence-corrected chi connectivity index (χ2v) is 1.73. The first-order chi connectivity index (χ1) is 4.25. The van der Waals surface area contributed by atoms with Gasteiger partial charge in [-0.15, -0.1) is 0 Å². The van der Waals surface area contributed by atoms with Crippen molar-refractivity contribution in [2.75, 3.05) is 0 Å². The molecule has 0 aliphatic carbocycles. The van der Waals surface area contributed by atoms with E-state index >= 15 is 0 Å². The summed E-state index contributed by atoms with van der Waals surface area (Å²) >= 11 is 0. The van der Waals surface area contributed by atoms with Gasteiger partial charge in [0.05, 0.1) is 5.69 Å². The molecule has 2 N–H and O–H groups in total. The molecule has 0 unspecified atom stereocenters. The number of H-pyrrole nitrogens is 2. The van der Waals surface area contributed by atoms with Gasteiger partial charge in [-0.2, -0.15) is 4.39 Å². The number of rotatable bonds is 1. The van der Waals surface area contributed by atoms with Crippen LogP contribution in [-0.4, -0.2) is 10.2 Å². The van der Waals surface area contributed by atoms with Gasteiger partial charge in [0.15, 0.2) is 0 Å². The van der Waals surface area contributed by atoms with Gasteiger partial charge < -0.3 is 0 Å². The van der Waals surface area contributed by atoms with E-state index in [1.807, 2.05) is 0 Å². The Morgan fingerprint density at radius 3 is 2.44 bits per heavy atom. The van der Waals surface area contributed by atoms with Gasteiger partial charge >= 0.3 is 0 Å². The molecule has 1 heterocycles. The van der Waals surface area contributed by atoms with Crippen molar-refractivity contribution in [1.82, 2.24) is 10.2 Å². The molecule has 0 saturated heterocycles. The summed E-state index contributed by atoms with van der Waals surface area (Å²) in [7, 11) is 0. The summed E-state index contributed by atoms with van der Waals surface area (Å²) in [6.07, 6.45) is 0.505. The zero-order valence-corrected chi connectivity index (χ0v) is 4.99. The summed E-state index contributed by atoms with van der Waals surface area (Å²) < 4.78 is 12.4. The Hall–Kier alpha value is -1.06. The first-order valence-corrected chi connectivity index (χ1v) is 2.70. The smallest absolute Gasteiger partial charge is 0.299 e. The van der Waals surface area contributed by atoms with Gasteiger partial charge in [0.1, 0.15) is 0 Å². The molecule has 0 spiro atoms. The van der Waals surface area contributed by atoms with E-state index in [9.17, 15) is 9.18 Å². The molecule has 0 aliphatic heterocycles. The second-order valence-electron chi connectivity index (χ2n) is 1.73. The van der Waals surface area contributed by atoms with Crippen molar-refractivity contribution in [1.29, 1.82) is 0 Å². The van der Waals surface area contributed by atoms with Crippen LogP contribution in [0.3, 0.4) is 0 Å². The fourth-order valence-electron chi connectivity index (χ4n) is 0.623. The van der Waals surface area contributed by atoms with E-state index in [-0.39, 0.29) is 0 Å². The van der Waals surface area contributed by atoms with Crippen molar-refractivity contribution < 1.29 is 4.39 Å². The predicted molar refractivity (Wildman–Crippen MR) is 30.7 cm³/mol. The third kappa shape index (κ3) is 0.872. The number of aryl methyl sites for hydroxylation is 1. The minimum absolute atomic E-state index is 0.333. The van der Waals surface area contributed by atoms with E-state index < -0.39 is 11.4 Å². The number of aromatic nitrogens is 2. The summed E-state index contributed by atoms with van der Waals surface area (Å²) in [6.45, 7) is 1.77. The van der Waals surface area contributed by atoms with Gasteiger partial charge in [0, 0.05) is 0 Å². The molecule has 0 amide bonds. The molecule has 0 saturated carbocycles. The topological polar surface area (TPSA) is 48.6 Å². The highest BCUT2D eigenvalue weighted by Gasteiger charge is 2.04. The van der Waals surface area contributed by atoms with E-state index in [4.69, 9.17) is 0 Å². The third-order valence-corrected chi connectivity index (χ3v) is 1.14. The van der Waals surface area contributed by atoms with Gasteiger partial charge in [-0.3, -0.25) is 15.0 Å². The molecular weight excluding hydrogens is 123 g/mol. The van der Waals surface area contributed by atoms with Crippen molar-refractivity contribution in [3.8, 4) is 0 Å². The number of hydrogen-bond acceptors (Lipinski definition) is 1. The average Bonchev–Trinajstić information content (AvgIpc) is 2.15. The first-order valence-electron chi connectivity index (χ1n) is 2.70. The van der Waals surface area contributed by atoms with E-state index in [1.54, 1.807) is 6.92 Å². The van der Waals surface area contributed by atoms with Crippen LogP contribution < -0.4 is 5.56 Å². The highest BCUT2D eigenvalue weighted by Crippen LogP contribution is 1.95. The molecule has 50 valence electrons. The molecule has 4 heteroatoms. The summed E-state index contributed by atoms with van der Waals surface area (Å²) in [5.41, 5.74) is -0.341. The number of halogens is 1. The van der Waals surface area contributed by atoms with Crippen molar-refractivity contribution in [2.45, 2.75) is 13.3 Å². The molecule has 0 atom stereocenters. The van der Waals surface area contributed by atoms with E-state index in [2.05, 4.69) is 10.2 Å². The van der Waals surface area contributed by atoms with Gasteiger partial charge in [-0.05, 0) is 6.42 Å². The Balaban J connectivity index is 3.20. The average molecular weight is 130 g/mol. The number of nitrogens with one attached hydrogen (secondary N) is 2. The van der Waals surface area contributed by atoms with Crippen molar-refractivity contribution in [3.63, 3.8) is 0 Å². The van der Waals surface area contributed by atoms with Crippen molar-refractivity contribution in [2.24, 2.45) is 0 Å². The predicted octanol–water partition coefficient (Wildman–Crippen LogP) is 0.405. The summed E-state index contributed by atoms with van der Waals surface area (Å²) in [6, 6.07) is 0. The van der Waals surface area contributed by atoms with Crippen molar-refractivity contribution in [3.05, 3.63) is 21.9 Å². The fourth-order valence-corrected chi connectivity index (χ4v) is 0.623. The van der Waals surface area contributed by atoms with Gasteiger partial charge in [-0.1, -0.05) is 6.92 Å². The Labute approximate surface area is 50.9 Å². The van der Waals surface area contributed by atoms with Gasteiger partial charge in [-0.25, -0.2) is 0 Å². The molecule has 3 nitrogen and oxygen atoms in total. The van der Waals surface area contributed by atoms with Gasteiger partial charge in [0.2, 0.25) is 5.82 Å². The van der Waals surface area contributed by atoms with Crippen LogP contribution in [0.4, 0.5) is 4.39 Å². The molecule has 0 aromatic carbocycles. The third-order valence-electron chi connectivity index (χ3n) is 1.14. The zero-order chi connectivity index (χ0) is 6.85. The molecule has 0 aliphatic rings. The zero-order valence-electron chi connectivity index (χ0n) is 4.99. The lowest BCUT2D eigenvalue weighted by Crippen LogP contribution is -2.02. The minimum atomic E-state index is -0.697. The quantitative estimate of drug-likeness (QED) is 0.568. The maximum absolute atomic E-state index is 12.4. The SMILES string of the molecule is CCc1[nH][nH]c(=O)c1F. The van der Waals surface area contributed by atoms with Crippen LogP contribution in [-0.2, 0) is 6.42 Å². The molecule has 0 fully saturated rings. The molecule has 1 aromatic heterocycles. The van der Waals surface area contributed by atoms with Gasteiger partial charge in [0.25, 0.3) is 5.56 Å². The second kappa shape index (κ2) is 2.05. The first kappa shape index (κ1) is 6.07. The normalized spacial score (nSPS) is 10.0. The van der Waals surface area contributed by atoms with E-state index in [0.29, 0.717) is 12.1 Å². The van der Waals surface area contributed by atoms with Crippen LogP contribution in [0.25, 0.3) is 0 Å². The van der Waals surface area contributed by atoms with Crippen LogP contribution in [0, 0.1) is 5.82 Å². The standard InChI is InChI=1S/C5H7FN2O/c1-2-3-4(6)5(9)8-7-3/h2H2,1H3,(H2,7,8,9). The lowest BCUT2D eigenvalue weighted by molar-refractivity contribution is 0.603. The van der Waals surface area contributed by atoms with Crippen LogP contribution in [0.1, 0.15) is 12.6 Å². The highest BCUT2D eigenvalue weighted by molar-refractivity contribution is 5.00. The van der Waals surface area contributed by atoms with E-state index in [0.717, 1.165) is 0 Å². The molecular formula is C5H7FN2O. The minimum Gasteiger partial charge on any atom is -0.299 e. The number of hydrogen-bond donors (Lipinski definition) is 2. The van der Waals surface area contributed by atoms with Crippen molar-refractivity contribution >= 4 is 0 Å². The lowest BCUT2D eigenvalue weighted by Gasteiger charge is -1.83. The lowest BCUT2D eigenvalue weighted by atomic mass is 10.3. The Kier molecular flexibility index (Phi) is 1.38. The summed E-state index contributed by atoms with van der Waals surface area (Å²) in [5, 5.41) is 4.54. The van der Waals surface area contributed by atoms with Crippen LogP contribution in [0.15, 0.2) is 4.79 Å². The largest absolute Gasteiger partial charge is 0.300 e. The Bertz CT molecular complexity index is 250. The molecule has 9 heavy (non-hydrogen) atoms. The maximum Gasteiger partial charge on any atom is 0.300 e. The molecule has 0 radical (unpaired) electrons. The Morgan fingerprint density at radius 2 is 2.22 bits per heavy atom. The fraction of sp³-hybridized carbons (Fsp3) is 0.400. The molecule has 0 bridgehead atoms. The Morgan fingerprint density at radius 1 is 1.56 bits per heavy atom. The summed E-state index contributed by atoms with van der Waals surface area (Å²) in [4.78, 5) is 10.3. The monoisotopic (exact) mass is 130 g/mol. The van der Waals surface area contributed by atoms with Crippen LogP contribution >= 0.6 is 0 Å². The van der Waals surface area contributed by atoms with Crippen LogP contribution in [0.2, 0.25) is 0 Å². The highest BCUT2D eigenvalue weighted by atomic mass is 19.1. The van der Waals surface area contributed by atoms with Crippen LogP contribution in [0.5, 0.6) is 0 Å².